The zero-order valence-electron chi connectivity index (χ0n) is 14.2. The lowest BCUT2D eigenvalue weighted by Gasteiger charge is -2.28. The third kappa shape index (κ3) is 3.45. The molecule has 0 bridgehead atoms. The minimum atomic E-state index is -4.17. The van der Waals surface area contributed by atoms with Crippen LogP contribution >= 0.6 is 0 Å². The van der Waals surface area contributed by atoms with Gasteiger partial charge in [0.15, 0.2) is 11.9 Å². The van der Waals surface area contributed by atoms with E-state index in [1.807, 2.05) is 6.92 Å². The van der Waals surface area contributed by atoms with Gasteiger partial charge in [-0.2, -0.15) is 8.42 Å². The topological polar surface area (TPSA) is 60.4 Å². The quantitative estimate of drug-likeness (QED) is 0.491. The van der Waals surface area contributed by atoms with E-state index < -0.39 is 15.7 Å². The predicted octanol–water partition coefficient (Wildman–Crippen LogP) is 3.84. The number of aldehydes is 1. The molecule has 0 radical (unpaired) electrons. The van der Waals surface area contributed by atoms with E-state index in [4.69, 9.17) is 4.18 Å². The maximum absolute atomic E-state index is 12.9. The Balaban J connectivity index is 2.16. The van der Waals surface area contributed by atoms with Crippen LogP contribution in [0.25, 0.3) is 0 Å². The van der Waals surface area contributed by atoms with Crippen LogP contribution in [0.1, 0.15) is 16.7 Å². The molecule has 0 atom stereocenters. The second-order valence-corrected chi connectivity index (χ2v) is 7.48. The molecule has 26 heavy (non-hydrogen) atoms. The smallest absolute Gasteiger partial charge is 0.298 e. The summed E-state index contributed by atoms with van der Waals surface area (Å²) in [5.74, 6) is 0. The summed E-state index contributed by atoms with van der Waals surface area (Å²) in [6.07, 6.45) is 0.531. The minimum absolute atomic E-state index is 0.00110. The Morgan fingerprint density at radius 2 is 1.23 bits per heavy atom. The third-order valence-electron chi connectivity index (χ3n) is 4.12. The summed E-state index contributed by atoms with van der Waals surface area (Å²) in [5, 5.41) is 0. The Bertz CT molecular complexity index is 940. The van der Waals surface area contributed by atoms with Crippen LogP contribution in [-0.4, -0.2) is 14.7 Å². The molecule has 0 amide bonds. The van der Waals surface area contributed by atoms with Gasteiger partial charge in [0, 0.05) is 0 Å². The highest BCUT2D eigenvalue weighted by Gasteiger charge is 2.40. The molecular weight excluding hydrogens is 348 g/mol. The largest absolute Gasteiger partial charge is 0.299 e. The maximum atomic E-state index is 12.9. The van der Waals surface area contributed by atoms with Gasteiger partial charge in [-0.1, -0.05) is 78.4 Å². The Morgan fingerprint density at radius 1 is 0.769 bits per heavy atom. The molecule has 0 spiro atoms. The van der Waals surface area contributed by atoms with Crippen LogP contribution in [-0.2, 0) is 24.7 Å². The first-order chi connectivity index (χ1) is 12.5. The van der Waals surface area contributed by atoms with Gasteiger partial charge >= 0.3 is 0 Å². The van der Waals surface area contributed by atoms with Gasteiger partial charge in [-0.25, -0.2) is 4.18 Å². The zero-order valence-corrected chi connectivity index (χ0v) is 15.0. The highest BCUT2D eigenvalue weighted by Crippen LogP contribution is 2.35. The van der Waals surface area contributed by atoms with Gasteiger partial charge in [0.25, 0.3) is 10.1 Å². The molecule has 0 fully saturated rings. The summed E-state index contributed by atoms with van der Waals surface area (Å²) in [6, 6.07) is 23.5. The Kier molecular flexibility index (Phi) is 5.02. The molecule has 0 aliphatic rings. The van der Waals surface area contributed by atoms with E-state index in [2.05, 4.69) is 0 Å². The fourth-order valence-corrected chi connectivity index (χ4v) is 3.86. The molecule has 3 aromatic carbocycles. The number of carbonyl (C=O) groups excluding carboxylic acids is 1. The fourth-order valence-electron chi connectivity index (χ4n) is 2.72. The summed E-state index contributed by atoms with van der Waals surface area (Å²) < 4.78 is 31.3. The zero-order chi connectivity index (χ0) is 18.6. The Hall–Kier alpha value is -2.76. The second kappa shape index (κ2) is 7.23. The van der Waals surface area contributed by atoms with Gasteiger partial charge in [-0.3, -0.25) is 4.79 Å². The van der Waals surface area contributed by atoms with Crippen LogP contribution in [0.3, 0.4) is 0 Å². The highest BCUT2D eigenvalue weighted by atomic mass is 32.2. The summed E-state index contributed by atoms with van der Waals surface area (Å²) >= 11 is 0. The summed E-state index contributed by atoms with van der Waals surface area (Å²) in [7, 11) is -4.17. The van der Waals surface area contributed by atoms with Crippen molar-refractivity contribution in [3.05, 3.63) is 102 Å². The number of hydrogen-bond donors (Lipinski definition) is 0. The highest BCUT2D eigenvalue weighted by molar-refractivity contribution is 7.86. The maximum Gasteiger partial charge on any atom is 0.298 e. The van der Waals surface area contributed by atoms with Gasteiger partial charge < -0.3 is 0 Å². The van der Waals surface area contributed by atoms with E-state index >= 15 is 0 Å². The van der Waals surface area contributed by atoms with Gasteiger partial charge in [-0.15, -0.1) is 0 Å². The van der Waals surface area contributed by atoms with Crippen LogP contribution in [0.5, 0.6) is 0 Å². The molecule has 3 aromatic rings. The normalized spacial score (nSPS) is 11.9. The molecule has 0 aliphatic carbocycles. The lowest BCUT2D eigenvalue weighted by atomic mass is 9.88. The first kappa shape index (κ1) is 18.0. The number of aryl methyl sites for hydroxylation is 1. The van der Waals surface area contributed by atoms with Crippen molar-refractivity contribution >= 4 is 16.4 Å². The van der Waals surface area contributed by atoms with Crippen LogP contribution in [0.15, 0.2) is 89.8 Å². The summed E-state index contributed by atoms with van der Waals surface area (Å²) in [6.45, 7) is 1.86. The number of carbonyl (C=O) groups is 1. The predicted molar refractivity (Wildman–Crippen MR) is 99.2 cm³/mol. The molecular formula is C21H18O4S. The van der Waals surface area contributed by atoms with Gasteiger partial charge in [0.05, 0.1) is 4.90 Å². The molecule has 3 rings (SSSR count). The van der Waals surface area contributed by atoms with Crippen molar-refractivity contribution in [3.8, 4) is 0 Å². The van der Waals surface area contributed by atoms with E-state index in [0.29, 0.717) is 17.4 Å². The monoisotopic (exact) mass is 366 g/mol. The standard InChI is InChI=1S/C21H18O4S/c1-17-12-14-20(15-13-17)26(23,24)25-21(16-22,18-8-4-2-5-9-18)19-10-6-3-7-11-19/h2-16H,1H3. The molecule has 0 aromatic heterocycles. The minimum Gasteiger partial charge on any atom is -0.299 e. The van der Waals surface area contributed by atoms with Crippen LogP contribution in [0.4, 0.5) is 0 Å². The third-order valence-corrected chi connectivity index (χ3v) is 5.45. The van der Waals surface area contributed by atoms with E-state index in [1.165, 1.54) is 12.1 Å². The van der Waals surface area contributed by atoms with Gasteiger partial charge in [0.1, 0.15) is 0 Å². The first-order valence-electron chi connectivity index (χ1n) is 8.08. The molecule has 5 heteroatoms. The molecule has 0 heterocycles. The second-order valence-electron chi connectivity index (χ2n) is 5.94. The van der Waals surface area contributed by atoms with Crippen LogP contribution in [0.2, 0.25) is 0 Å². The van der Waals surface area contributed by atoms with Crippen LogP contribution in [0, 0.1) is 6.92 Å². The molecule has 0 saturated heterocycles. The lowest BCUT2D eigenvalue weighted by molar-refractivity contribution is -0.118. The first-order valence-corrected chi connectivity index (χ1v) is 9.48. The van der Waals surface area contributed by atoms with E-state index in [-0.39, 0.29) is 4.90 Å². The average Bonchev–Trinajstić information content (AvgIpc) is 2.68. The van der Waals surface area contributed by atoms with Crippen molar-refractivity contribution in [1.29, 1.82) is 0 Å². The van der Waals surface area contributed by atoms with E-state index in [0.717, 1.165) is 5.56 Å². The average molecular weight is 366 g/mol. The van der Waals surface area contributed by atoms with Crippen molar-refractivity contribution < 1.29 is 17.4 Å². The number of rotatable bonds is 6. The number of benzene rings is 3. The van der Waals surface area contributed by atoms with E-state index in [1.54, 1.807) is 72.8 Å². The van der Waals surface area contributed by atoms with Gasteiger partial charge in [0.2, 0.25) is 0 Å². The van der Waals surface area contributed by atoms with Crippen molar-refractivity contribution in [3.63, 3.8) is 0 Å². The molecule has 4 nitrogen and oxygen atoms in total. The molecule has 0 aliphatic heterocycles. The Labute approximate surface area is 153 Å². The SMILES string of the molecule is Cc1ccc(S(=O)(=O)OC(C=O)(c2ccccc2)c2ccccc2)cc1. The van der Waals surface area contributed by atoms with Crippen molar-refractivity contribution in [2.75, 3.05) is 0 Å². The molecule has 132 valence electrons. The summed E-state index contributed by atoms with van der Waals surface area (Å²) in [4.78, 5) is 12.2. The van der Waals surface area contributed by atoms with Crippen molar-refractivity contribution in [1.82, 2.24) is 0 Å². The van der Waals surface area contributed by atoms with Crippen molar-refractivity contribution in [2.24, 2.45) is 0 Å². The molecule has 0 saturated carbocycles. The van der Waals surface area contributed by atoms with Crippen molar-refractivity contribution in [2.45, 2.75) is 17.4 Å². The number of hydrogen-bond acceptors (Lipinski definition) is 4. The fraction of sp³-hybridized carbons (Fsp3) is 0.0952. The molecule has 0 N–H and O–H groups in total. The van der Waals surface area contributed by atoms with Crippen LogP contribution < -0.4 is 0 Å². The lowest BCUT2D eigenvalue weighted by Crippen LogP contribution is -2.35. The van der Waals surface area contributed by atoms with E-state index in [9.17, 15) is 13.2 Å². The Morgan fingerprint density at radius 3 is 1.65 bits per heavy atom. The molecule has 0 unspecified atom stereocenters. The van der Waals surface area contributed by atoms with Gasteiger partial charge in [-0.05, 0) is 30.2 Å². The summed E-state index contributed by atoms with van der Waals surface area (Å²) in [5.41, 5.74) is 0.0529.